The SMILES string of the molecule is Cc1cc2c(cc1N1c3cc(-c4cccc5c4-c4ccccc4C5(C)C)ccc3B3c4cc5c(cc4N(c4ccc(C(C)(C)C)cc4-c4ccccc4)c4cc(N(c6ccc(C(C)(C)C)cc6)c6ccc(C(C)(C)C)cc6)cc1c43)C(C)(C)CCC5(C)C)C(C)(C)CC2(C)C. The minimum absolute atomic E-state index is 0.0211. The molecule has 10 aromatic carbocycles. The zero-order valence-corrected chi connectivity index (χ0v) is 60.5. The van der Waals surface area contributed by atoms with Crippen molar-refractivity contribution in [3.63, 3.8) is 0 Å². The van der Waals surface area contributed by atoms with E-state index in [9.17, 15) is 0 Å². The van der Waals surface area contributed by atoms with Gasteiger partial charge in [-0.2, -0.15) is 0 Å². The lowest BCUT2D eigenvalue weighted by molar-refractivity contribution is 0.332. The molecule has 0 radical (unpaired) electrons. The Morgan fingerprint density at radius 3 is 1.44 bits per heavy atom. The van der Waals surface area contributed by atoms with Crippen LogP contribution < -0.4 is 31.1 Å². The van der Waals surface area contributed by atoms with Gasteiger partial charge >= 0.3 is 0 Å². The number of fused-ring (bicyclic) bond motifs is 9. The van der Waals surface area contributed by atoms with Crippen LogP contribution >= 0.6 is 0 Å². The largest absolute Gasteiger partial charge is 0.311 e. The van der Waals surface area contributed by atoms with Crippen LogP contribution in [0.15, 0.2) is 194 Å². The Morgan fingerprint density at radius 1 is 0.347 bits per heavy atom. The first kappa shape index (κ1) is 62.8. The number of hydrogen-bond acceptors (Lipinski definition) is 3. The molecule has 5 aliphatic rings. The molecule has 0 fully saturated rings. The molecule has 0 unspecified atom stereocenters. The molecular formula is C91H98BN3. The Balaban J connectivity index is 1.12. The summed E-state index contributed by atoms with van der Waals surface area (Å²) >= 11 is 0. The van der Waals surface area contributed by atoms with Crippen molar-refractivity contribution in [3.8, 4) is 33.4 Å². The van der Waals surface area contributed by atoms with Gasteiger partial charge in [-0.3, -0.25) is 0 Å². The van der Waals surface area contributed by atoms with Crippen molar-refractivity contribution in [2.24, 2.45) is 0 Å². The Bertz CT molecular complexity index is 4720. The second kappa shape index (κ2) is 21.1. The van der Waals surface area contributed by atoms with Gasteiger partial charge in [-0.15, -0.1) is 0 Å². The quantitative estimate of drug-likeness (QED) is 0.147. The minimum atomic E-state index is -0.144. The molecule has 2 aliphatic heterocycles. The second-order valence-electron chi connectivity index (χ2n) is 35.3. The molecule has 3 nitrogen and oxygen atoms in total. The molecule has 95 heavy (non-hydrogen) atoms. The minimum Gasteiger partial charge on any atom is -0.311 e. The monoisotopic (exact) mass is 1240 g/mol. The molecule has 2 heterocycles. The van der Waals surface area contributed by atoms with Crippen LogP contribution in [0.25, 0.3) is 33.4 Å². The molecule has 0 saturated heterocycles. The summed E-state index contributed by atoms with van der Waals surface area (Å²) in [5, 5.41) is 0. The Morgan fingerprint density at radius 2 is 0.842 bits per heavy atom. The van der Waals surface area contributed by atoms with Crippen molar-refractivity contribution in [1.82, 2.24) is 0 Å². The molecular weight excluding hydrogens is 1150 g/mol. The van der Waals surface area contributed by atoms with E-state index >= 15 is 0 Å². The summed E-state index contributed by atoms with van der Waals surface area (Å²) in [5.41, 5.74) is 35.7. The van der Waals surface area contributed by atoms with Crippen LogP contribution in [-0.2, 0) is 43.3 Å². The molecule has 480 valence electrons. The van der Waals surface area contributed by atoms with Gasteiger partial charge in [0.1, 0.15) is 0 Å². The fourth-order valence-corrected chi connectivity index (χ4v) is 17.9. The van der Waals surface area contributed by atoms with Gasteiger partial charge in [-0.05, 0) is 231 Å². The molecule has 0 N–H and O–H groups in total. The lowest BCUT2D eigenvalue weighted by atomic mass is 9.33. The molecule has 0 spiro atoms. The molecule has 0 aromatic heterocycles. The van der Waals surface area contributed by atoms with Gasteiger partial charge in [-0.1, -0.05) is 259 Å². The van der Waals surface area contributed by atoms with E-state index < -0.39 is 0 Å². The summed E-state index contributed by atoms with van der Waals surface area (Å²) in [6.45, 7) is 48.0. The van der Waals surface area contributed by atoms with E-state index in [0.717, 1.165) is 36.3 Å². The zero-order chi connectivity index (χ0) is 67.2. The van der Waals surface area contributed by atoms with Crippen LogP contribution in [0.4, 0.5) is 51.2 Å². The highest BCUT2D eigenvalue weighted by Crippen LogP contribution is 2.58. The number of aryl methyl sites for hydroxylation is 1. The van der Waals surface area contributed by atoms with Gasteiger partial charge in [0.15, 0.2) is 0 Å². The van der Waals surface area contributed by atoms with Crippen LogP contribution in [0, 0.1) is 6.92 Å². The van der Waals surface area contributed by atoms with Crippen LogP contribution in [0.2, 0.25) is 0 Å². The van der Waals surface area contributed by atoms with Gasteiger partial charge in [0.05, 0.1) is 11.4 Å². The van der Waals surface area contributed by atoms with Crippen molar-refractivity contribution in [1.29, 1.82) is 0 Å². The van der Waals surface area contributed by atoms with E-state index in [1.54, 1.807) is 0 Å². The Hall–Kier alpha value is -8.34. The first-order valence-electron chi connectivity index (χ1n) is 35.4. The van der Waals surface area contributed by atoms with Gasteiger partial charge in [0.25, 0.3) is 6.71 Å². The number of rotatable bonds is 7. The van der Waals surface area contributed by atoms with Crippen molar-refractivity contribution in [2.45, 2.75) is 201 Å². The molecule has 0 amide bonds. The van der Waals surface area contributed by atoms with E-state index in [-0.39, 0.29) is 50.0 Å². The predicted molar refractivity (Wildman–Crippen MR) is 410 cm³/mol. The Labute approximate surface area is 569 Å². The maximum atomic E-state index is 2.76. The fraction of sp³-hybridized carbons (Fsp3) is 0.341. The first-order valence-corrected chi connectivity index (χ1v) is 35.4. The van der Waals surface area contributed by atoms with E-state index in [4.69, 9.17) is 0 Å². The van der Waals surface area contributed by atoms with Crippen molar-refractivity contribution in [2.75, 3.05) is 14.7 Å². The summed E-state index contributed by atoms with van der Waals surface area (Å²) in [6, 6.07) is 77.3. The fourth-order valence-electron chi connectivity index (χ4n) is 17.9. The maximum Gasteiger partial charge on any atom is 0.252 e. The van der Waals surface area contributed by atoms with Gasteiger partial charge in [0.2, 0.25) is 0 Å². The van der Waals surface area contributed by atoms with Crippen LogP contribution in [0.5, 0.6) is 0 Å². The highest BCUT2D eigenvalue weighted by molar-refractivity contribution is 7.00. The molecule has 0 bridgehead atoms. The van der Waals surface area contributed by atoms with Crippen molar-refractivity contribution < 1.29 is 0 Å². The van der Waals surface area contributed by atoms with E-state index in [1.165, 1.54) is 140 Å². The third-order valence-corrected chi connectivity index (χ3v) is 23.3. The van der Waals surface area contributed by atoms with Crippen molar-refractivity contribution >= 4 is 74.3 Å². The number of benzene rings is 10. The topological polar surface area (TPSA) is 9.72 Å². The number of hydrogen-bond donors (Lipinski definition) is 0. The highest BCUT2D eigenvalue weighted by atomic mass is 15.2. The van der Waals surface area contributed by atoms with E-state index in [1.807, 2.05) is 0 Å². The summed E-state index contributed by atoms with van der Waals surface area (Å²) in [4.78, 5) is 8.07. The zero-order valence-electron chi connectivity index (χ0n) is 60.5. The Kier molecular flexibility index (Phi) is 13.9. The lowest BCUT2D eigenvalue weighted by Gasteiger charge is -2.48. The summed E-state index contributed by atoms with van der Waals surface area (Å²) < 4.78 is 0. The van der Waals surface area contributed by atoms with Gasteiger partial charge < -0.3 is 14.7 Å². The van der Waals surface area contributed by atoms with E-state index in [2.05, 4.69) is 347 Å². The van der Waals surface area contributed by atoms with Crippen molar-refractivity contribution in [3.05, 3.63) is 250 Å². The number of nitrogens with zero attached hydrogens (tertiary/aromatic N) is 3. The standard InChI is InChI=1S/C91H98BN3/c1-56-47-70-73(90(17,18)55-89(70,15)16)53-77(56)95-78-48-58(65-30-26-32-69-82(65)66-29-24-25-31-68(66)91(69,19)20)33-43-74(78)92-75-52-71-72(88(13,14)46-45-87(71,11)12)54-79(75)94(76-44-38-61(86(8,9)10)49-67(76)57-27-22-21-23-28-57)80-50-64(51-81(95)83(80)92)93(62-39-34-59(35-40-62)84(2,3)4)63-41-36-60(37-42-63)85(5,6)7/h21-44,47-54H,45-46,55H2,1-20H3. The van der Waals surface area contributed by atoms with Gasteiger partial charge in [0, 0.05) is 50.8 Å². The molecule has 3 aliphatic carbocycles. The highest BCUT2D eigenvalue weighted by Gasteiger charge is 2.49. The average molecular weight is 1240 g/mol. The van der Waals surface area contributed by atoms with Crippen LogP contribution in [-0.4, -0.2) is 6.71 Å². The summed E-state index contributed by atoms with van der Waals surface area (Å²) in [5.74, 6) is 0. The summed E-state index contributed by atoms with van der Waals surface area (Å²) in [6.07, 6.45) is 3.33. The third-order valence-electron chi connectivity index (χ3n) is 23.3. The van der Waals surface area contributed by atoms with E-state index in [0.29, 0.717) is 0 Å². The maximum absolute atomic E-state index is 2.76. The molecule has 10 aromatic rings. The predicted octanol–water partition coefficient (Wildman–Crippen LogP) is 23.4. The normalized spacial score (nSPS) is 17.3. The molecule has 15 rings (SSSR count). The molecule has 0 saturated carbocycles. The second-order valence-corrected chi connectivity index (χ2v) is 35.3. The van der Waals surface area contributed by atoms with Gasteiger partial charge in [-0.25, -0.2) is 0 Å². The third kappa shape index (κ3) is 9.94. The van der Waals surface area contributed by atoms with Crippen LogP contribution in [0.3, 0.4) is 0 Å². The van der Waals surface area contributed by atoms with Crippen LogP contribution in [0.1, 0.15) is 206 Å². The molecule has 4 heteroatoms. The smallest absolute Gasteiger partial charge is 0.252 e. The number of anilines is 9. The molecule has 0 atom stereocenters. The lowest BCUT2D eigenvalue weighted by Crippen LogP contribution is -2.62. The average Bonchev–Trinajstić information content (AvgIpc) is 1.25. The first-order chi connectivity index (χ1) is 44.6. The summed E-state index contributed by atoms with van der Waals surface area (Å²) in [7, 11) is 0.